The molecule has 6 heteroatoms. The van der Waals surface area contributed by atoms with Crippen LogP contribution in [0.15, 0.2) is 29.3 Å². The van der Waals surface area contributed by atoms with E-state index in [0.717, 1.165) is 29.9 Å². The van der Waals surface area contributed by atoms with Crippen molar-refractivity contribution in [2.24, 2.45) is 17.8 Å². The zero-order chi connectivity index (χ0) is 15.5. The molecule has 1 aromatic carbocycles. The number of aryl methyl sites for hydroxylation is 3. The average Bonchev–Trinajstić information content (AvgIpc) is 2.83. The summed E-state index contributed by atoms with van der Waals surface area (Å²) in [4.78, 5) is 4.44. The molecule has 0 aliphatic heterocycles. The first-order valence-corrected chi connectivity index (χ1v) is 7.80. The van der Waals surface area contributed by atoms with Crippen LogP contribution in [0, 0.1) is 6.92 Å². The molecule has 0 amide bonds. The molecular weight excluding hydrogens is 401 g/mol. The van der Waals surface area contributed by atoms with Gasteiger partial charge in [0.2, 0.25) is 0 Å². The Balaban J connectivity index is 0.00000192. The highest BCUT2D eigenvalue weighted by atomic mass is 127. The fourth-order valence-corrected chi connectivity index (χ4v) is 3.05. The van der Waals surface area contributed by atoms with E-state index in [-0.39, 0.29) is 24.0 Å². The van der Waals surface area contributed by atoms with Gasteiger partial charge in [0.25, 0.3) is 0 Å². The van der Waals surface area contributed by atoms with Crippen molar-refractivity contribution >= 4 is 35.6 Å². The van der Waals surface area contributed by atoms with Gasteiger partial charge in [-0.15, -0.1) is 24.0 Å². The van der Waals surface area contributed by atoms with Crippen molar-refractivity contribution in [2.75, 3.05) is 5.32 Å². The van der Waals surface area contributed by atoms with Gasteiger partial charge in [0.15, 0.2) is 5.96 Å². The Morgan fingerprint density at radius 1 is 1.35 bits per heavy atom. The van der Waals surface area contributed by atoms with Gasteiger partial charge in [-0.2, -0.15) is 5.10 Å². The van der Waals surface area contributed by atoms with Gasteiger partial charge < -0.3 is 11.1 Å². The van der Waals surface area contributed by atoms with Crippen LogP contribution in [-0.4, -0.2) is 15.7 Å². The zero-order valence-corrected chi connectivity index (χ0v) is 16.0. The lowest BCUT2D eigenvalue weighted by molar-refractivity contribution is 0.687. The lowest BCUT2D eigenvalue weighted by Crippen LogP contribution is -2.24. The van der Waals surface area contributed by atoms with Crippen molar-refractivity contribution in [1.29, 1.82) is 0 Å². The van der Waals surface area contributed by atoms with Gasteiger partial charge in [0, 0.05) is 12.7 Å². The first kappa shape index (κ1) is 17.8. The zero-order valence-electron chi connectivity index (χ0n) is 13.7. The van der Waals surface area contributed by atoms with Crippen molar-refractivity contribution in [3.8, 4) is 0 Å². The second-order valence-corrected chi connectivity index (χ2v) is 5.88. The maximum absolute atomic E-state index is 6.05. The summed E-state index contributed by atoms with van der Waals surface area (Å²) in [5.41, 5.74) is 12.0. The standard InChI is InChI=1S/C17H23N5.HI/c1-12-10-14(22(2)21-12)11-19-17(18)20-16-9-5-7-13-6-3-4-8-15(13)16;/h5,7,9-10H,3-4,6,8,11H2,1-2H3,(H3,18,19,20);1H. The molecule has 1 heterocycles. The molecule has 1 aliphatic carbocycles. The predicted octanol–water partition coefficient (Wildman–Crippen LogP) is 3.15. The van der Waals surface area contributed by atoms with E-state index in [0.29, 0.717) is 12.5 Å². The van der Waals surface area contributed by atoms with E-state index in [9.17, 15) is 0 Å². The molecule has 0 radical (unpaired) electrons. The molecule has 1 aromatic heterocycles. The number of halogens is 1. The summed E-state index contributed by atoms with van der Waals surface area (Å²) in [5, 5.41) is 7.58. The number of fused-ring (bicyclic) bond motifs is 1. The van der Waals surface area contributed by atoms with E-state index in [4.69, 9.17) is 5.73 Å². The fraction of sp³-hybridized carbons (Fsp3) is 0.412. The number of nitrogens with zero attached hydrogens (tertiary/aromatic N) is 3. The molecule has 124 valence electrons. The van der Waals surface area contributed by atoms with Crippen molar-refractivity contribution in [1.82, 2.24) is 9.78 Å². The van der Waals surface area contributed by atoms with E-state index in [1.165, 1.54) is 24.0 Å². The van der Waals surface area contributed by atoms with Gasteiger partial charge in [0.05, 0.1) is 17.9 Å². The van der Waals surface area contributed by atoms with Crippen LogP contribution < -0.4 is 11.1 Å². The third-order valence-electron chi connectivity index (χ3n) is 4.17. The fourth-order valence-electron chi connectivity index (χ4n) is 3.05. The lowest BCUT2D eigenvalue weighted by atomic mass is 9.90. The summed E-state index contributed by atoms with van der Waals surface area (Å²) >= 11 is 0. The largest absolute Gasteiger partial charge is 0.370 e. The Labute approximate surface area is 154 Å². The summed E-state index contributed by atoms with van der Waals surface area (Å²) in [7, 11) is 1.93. The minimum atomic E-state index is 0. The van der Waals surface area contributed by atoms with Gasteiger partial charge in [-0.05, 0) is 55.9 Å². The third kappa shape index (κ3) is 4.25. The molecular formula is C17H24IN5. The van der Waals surface area contributed by atoms with Gasteiger partial charge in [-0.3, -0.25) is 4.68 Å². The number of nitrogens with one attached hydrogen (secondary N) is 1. The minimum Gasteiger partial charge on any atom is -0.370 e. The maximum atomic E-state index is 6.05. The van der Waals surface area contributed by atoms with Crippen molar-refractivity contribution in [3.63, 3.8) is 0 Å². The van der Waals surface area contributed by atoms with Crippen LogP contribution in [0.1, 0.15) is 35.4 Å². The first-order valence-electron chi connectivity index (χ1n) is 7.80. The lowest BCUT2D eigenvalue weighted by Gasteiger charge is -2.19. The van der Waals surface area contributed by atoms with Crippen LogP contribution in [0.4, 0.5) is 5.69 Å². The van der Waals surface area contributed by atoms with E-state index in [2.05, 4.69) is 33.6 Å². The van der Waals surface area contributed by atoms with Crippen LogP contribution >= 0.6 is 24.0 Å². The number of benzene rings is 1. The highest BCUT2D eigenvalue weighted by molar-refractivity contribution is 14.0. The SMILES string of the molecule is Cc1cc(CN=C(N)Nc2cccc3c2CCCC3)n(C)n1.I. The average molecular weight is 425 g/mol. The summed E-state index contributed by atoms with van der Waals surface area (Å²) in [6.45, 7) is 2.51. The van der Waals surface area contributed by atoms with Crippen molar-refractivity contribution in [2.45, 2.75) is 39.2 Å². The molecule has 0 unspecified atom stereocenters. The molecule has 5 nitrogen and oxygen atoms in total. The molecule has 3 rings (SSSR count). The summed E-state index contributed by atoms with van der Waals surface area (Å²) in [6, 6.07) is 8.41. The molecule has 0 saturated heterocycles. The van der Waals surface area contributed by atoms with E-state index in [1.807, 2.05) is 24.7 Å². The van der Waals surface area contributed by atoms with Crippen LogP contribution in [-0.2, 0) is 26.4 Å². The van der Waals surface area contributed by atoms with Crippen molar-refractivity contribution < 1.29 is 0 Å². The normalized spacial score (nSPS) is 14.1. The molecule has 3 N–H and O–H groups in total. The molecule has 0 atom stereocenters. The van der Waals surface area contributed by atoms with Crippen LogP contribution in [0.25, 0.3) is 0 Å². The molecule has 2 aromatic rings. The summed E-state index contributed by atoms with van der Waals surface area (Å²) < 4.78 is 1.84. The molecule has 0 spiro atoms. The highest BCUT2D eigenvalue weighted by Crippen LogP contribution is 2.27. The number of hydrogen-bond donors (Lipinski definition) is 2. The summed E-state index contributed by atoms with van der Waals surface area (Å²) in [6.07, 6.45) is 4.81. The number of rotatable bonds is 3. The number of anilines is 1. The van der Waals surface area contributed by atoms with E-state index in [1.54, 1.807) is 0 Å². The smallest absolute Gasteiger partial charge is 0.193 e. The number of nitrogens with two attached hydrogens (primary N) is 1. The Bertz CT molecular complexity index is 705. The molecule has 0 bridgehead atoms. The second kappa shape index (κ2) is 7.81. The van der Waals surface area contributed by atoms with Crippen LogP contribution in [0.2, 0.25) is 0 Å². The number of aromatic nitrogens is 2. The molecule has 0 fully saturated rings. The quantitative estimate of drug-likeness (QED) is 0.451. The Morgan fingerprint density at radius 2 is 2.13 bits per heavy atom. The molecule has 0 saturated carbocycles. The van der Waals surface area contributed by atoms with Gasteiger partial charge in [0.1, 0.15) is 0 Å². The second-order valence-electron chi connectivity index (χ2n) is 5.88. The topological polar surface area (TPSA) is 68.2 Å². The van der Waals surface area contributed by atoms with Crippen molar-refractivity contribution in [3.05, 3.63) is 46.8 Å². The number of aliphatic imine (C=N–C) groups is 1. The predicted molar refractivity (Wildman–Crippen MR) is 105 cm³/mol. The van der Waals surface area contributed by atoms with Gasteiger partial charge in [-0.1, -0.05) is 12.1 Å². The van der Waals surface area contributed by atoms with Gasteiger partial charge in [-0.25, -0.2) is 4.99 Å². The van der Waals surface area contributed by atoms with E-state index >= 15 is 0 Å². The molecule has 23 heavy (non-hydrogen) atoms. The number of hydrogen-bond acceptors (Lipinski definition) is 2. The van der Waals surface area contributed by atoms with Gasteiger partial charge >= 0.3 is 0 Å². The first-order chi connectivity index (χ1) is 10.6. The monoisotopic (exact) mass is 425 g/mol. The highest BCUT2D eigenvalue weighted by Gasteiger charge is 2.13. The summed E-state index contributed by atoms with van der Waals surface area (Å²) in [5.74, 6) is 0.456. The minimum absolute atomic E-state index is 0. The van der Waals surface area contributed by atoms with Crippen LogP contribution in [0.3, 0.4) is 0 Å². The Hall–Kier alpha value is -1.57. The third-order valence-corrected chi connectivity index (χ3v) is 4.17. The Morgan fingerprint density at radius 3 is 2.87 bits per heavy atom. The maximum Gasteiger partial charge on any atom is 0.193 e. The van der Waals surface area contributed by atoms with E-state index < -0.39 is 0 Å². The van der Waals surface area contributed by atoms with Crippen LogP contribution in [0.5, 0.6) is 0 Å². The molecule has 1 aliphatic rings. The number of guanidine groups is 1. The Kier molecular flexibility index (Phi) is 6.04.